The fourth-order valence-corrected chi connectivity index (χ4v) is 1.24. The number of benzene rings is 1. The topological polar surface area (TPSA) is 54.0 Å². The zero-order valence-electron chi connectivity index (χ0n) is 9.70. The van der Waals surface area contributed by atoms with E-state index in [-0.39, 0.29) is 0 Å². The summed E-state index contributed by atoms with van der Waals surface area (Å²) in [4.78, 5) is 10.9. The van der Waals surface area contributed by atoms with Crippen molar-refractivity contribution >= 4 is 5.97 Å². The van der Waals surface area contributed by atoms with Gasteiger partial charge in [-0.1, -0.05) is 0 Å². The van der Waals surface area contributed by atoms with Crippen molar-refractivity contribution in [3.8, 4) is 23.0 Å². The van der Waals surface area contributed by atoms with Crippen LogP contribution in [-0.4, -0.2) is 27.3 Å². The van der Waals surface area contributed by atoms with Gasteiger partial charge in [0.2, 0.25) is 0 Å². The van der Waals surface area contributed by atoms with Gasteiger partial charge >= 0.3 is 5.97 Å². The fourth-order valence-electron chi connectivity index (χ4n) is 1.24. The first kappa shape index (κ1) is 12.2. The number of carbonyl (C=O) groups excluding carboxylic acids is 1. The van der Waals surface area contributed by atoms with Crippen LogP contribution in [0.25, 0.3) is 0 Å². The molecule has 16 heavy (non-hydrogen) atoms. The molecule has 5 heteroatoms. The van der Waals surface area contributed by atoms with E-state index in [2.05, 4.69) is 0 Å². The number of ether oxygens (including phenoxy) is 4. The van der Waals surface area contributed by atoms with Gasteiger partial charge in [-0.05, 0) is 0 Å². The third kappa shape index (κ3) is 2.56. The van der Waals surface area contributed by atoms with E-state index in [0.717, 1.165) is 0 Å². The van der Waals surface area contributed by atoms with Crippen molar-refractivity contribution in [2.75, 3.05) is 21.3 Å². The molecule has 0 radical (unpaired) electrons. The van der Waals surface area contributed by atoms with Crippen LogP contribution in [0.1, 0.15) is 6.92 Å². The van der Waals surface area contributed by atoms with Crippen LogP contribution >= 0.6 is 0 Å². The first-order chi connectivity index (χ1) is 7.62. The lowest BCUT2D eigenvalue weighted by molar-refractivity contribution is -0.132. The average molecular weight is 226 g/mol. The summed E-state index contributed by atoms with van der Waals surface area (Å²) in [6, 6.07) is 3.14. The second-order valence-electron chi connectivity index (χ2n) is 2.95. The summed E-state index contributed by atoms with van der Waals surface area (Å²) >= 11 is 0. The third-order valence-electron chi connectivity index (χ3n) is 1.92. The van der Waals surface area contributed by atoms with E-state index in [9.17, 15) is 4.79 Å². The molecule has 5 nitrogen and oxygen atoms in total. The van der Waals surface area contributed by atoms with E-state index in [1.54, 1.807) is 12.1 Å². The van der Waals surface area contributed by atoms with Crippen LogP contribution in [0.4, 0.5) is 0 Å². The molecule has 0 unspecified atom stereocenters. The Morgan fingerprint density at radius 2 is 1.25 bits per heavy atom. The molecule has 0 aliphatic heterocycles. The van der Waals surface area contributed by atoms with Crippen LogP contribution in [0.15, 0.2) is 12.1 Å². The Morgan fingerprint density at radius 1 is 0.875 bits per heavy atom. The minimum absolute atomic E-state index is 0.299. The minimum Gasteiger partial charge on any atom is -0.493 e. The van der Waals surface area contributed by atoms with E-state index >= 15 is 0 Å². The van der Waals surface area contributed by atoms with Gasteiger partial charge in [-0.25, -0.2) is 0 Å². The predicted molar refractivity (Wildman–Crippen MR) is 57.4 cm³/mol. The third-order valence-corrected chi connectivity index (χ3v) is 1.92. The number of hydrogen-bond acceptors (Lipinski definition) is 5. The molecule has 0 bridgehead atoms. The summed E-state index contributed by atoms with van der Waals surface area (Å²) in [7, 11) is 4.50. The van der Waals surface area contributed by atoms with Crippen molar-refractivity contribution in [2.45, 2.75) is 6.92 Å². The van der Waals surface area contributed by atoms with Gasteiger partial charge in [-0.15, -0.1) is 0 Å². The molecule has 0 fully saturated rings. The summed E-state index contributed by atoms with van der Waals surface area (Å²) in [5.74, 6) is 1.26. The molecule has 1 aromatic rings. The molecule has 0 heterocycles. The first-order valence-electron chi connectivity index (χ1n) is 4.60. The molecule has 0 aliphatic carbocycles. The van der Waals surface area contributed by atoms with Gasteiger partial charge in [0.05, 0.1) is 21.3 Å². The highest BCUT2D eigenvalue weighted by Gasteiger charge is 2.14. The maximum Gasteiger partial charge on any atom is 0.308 e. The molecule has 88 valence electrons. The van der Waals surface area contributed by atoms with Crippen LogP contribution in [0, 0.1) is 0 Å². The molecule has 0 spiro atoms. The van der Waals surface area contributed by atoms with Crippen molar-refractivity contribution in [3.63, 3.8) is 0 Å². The summed E-state index contributed by atoms with van der Waals surface area (Å²) in [6.07, 6.45) is 0. The van der Waals surface area contributed by atoms with Crippen molar-refractivity contribution in [3.05, 3.63) is 12.1 Å². The van der Waals surface area contributed by atoms with E-state index in [1.165, 1.54) is 28.3 Å². The molecule has 0 N–H and O–H groups in total. The normalized spacial score (nSPS) is 9.50. The lowest BCUT2D eigenvalue weighted by Gasteiger charge is -2.13. The summed E-state index contributed by atoms with van der Waals surface area (Å²) in [5.41, 5.74) is 0. The SMILES string of the molecule is COc1cc(OC)c(OC(C)=O)cc1OC. The van der Waals surface area contributed by atoms with Crippen LogP contribution in [0.5, 0.6) is 23.0 Å². The summed E-state index contributed by atoms with van der Waals surface area (Å²) in [5, 5.41) is 0. The second kappa shape index (κ2) is 5.25. The largest absolute Gasteiger partial charge is 0.493 e. The van der Waals surface area contributed by atoms with Crippen molar-refractivity contribution < 1.29 is 23.7 Å². The quantitative estimate of drug-likeness (QED) is 0.577. The van der Waals surface area contributed by atoms with Gasteiger partial charge in [-0.3, -0.25) is 4.79 Å². The Balaban J connectivity index is 3.20. The minimum atomic E-state index is -0.425. The van der Waals surface area contributed by atoms with Crippen molar-refractivity contribution in [2.24, 2.45) is 0 Å². The lowest BCUT2D eigenvalue weighted by Crippen LogP contribution is -2.04. The number of esters is 1. The van der Waals surface area contributed by atoms with Crippen molar-refractivity contribution in [1.29, 1.82) is 0 Å². The second-order valence-corrected chi connectivity index (χ2v) is 2.95. The van der Waals surface area contributed by atoms with E-state index in [4.69, 9.17) is 18.9 Å². The van der Waals surface area contributed by atoms with E-state index in [0.29, 0.717) is 23.0 Å². The molecule has 0 aliphatic rings. The van der Waals surface area contributed by atoms with Gasteiger partial charge in [0.25, 0.3) is 0 Å². The monoisotopic (exact) mass is 226 g/mol. The molecule has 1 rings (SSSR count). The van der Waals surface area contributed by atoms with Crippen LogP contribution in [0.2, 0.25) is 0 Å². The molecule has 0 amide bonds. The number of hydrogen-bond donors (Lipinski definition) is 0. The molecule has 0 saturated carbocycles. The van der Waals surface area contributed by atoms with Crippen molar-refractivity contribution in [1.82, 2.24) is 0 Å². The Bertz CT molecular complexity index is 386. The molecular weight excluding hydrogens is 212 g/mol. The van der Waals surface area contributed by atoms with Gasteiger partial charge in [0.15, 0.2) is 23.0 Å². The van der Waals surface area contributed by atoms with Crippen LogP contribution in [-0.2, 0) is 4.79 Å². The highest BCUT2D eigenvalue weighted by atomic mass is 16.6. The van der Waals surface area contributed by atoms with Crippen LogP contribution in [0.3, 0.4) is 0 Å². The molecule has 0 aromatic heterocycles. The average Bonchev–Trinajstić information content (AvgIpc) is 2.27. The van der Waals surface area contributed by atoms with Gasteiger partial charge in [0.1, 0.15) is 0 Å². The Labute approximate surface area is 93.9 Å². The van der Waals surface area contributed by atoms with Crippen LogP contribution < -0.4 is 18.9 Å². The Kier molecular flexibility index (Phi) is 3.99. The van der Waals surface area contributed by atoms with Gasteiger partial charge in [0, 0.05) is 19.1 Å². The highest BCUT2D eigenvalue weighted by molar-refractivity contribution is 5.71. The Hall–Kier alpha value is -1.91. The zero-order valence-corrected chi connectivity index (χ0v) is 9.70. The molecule has 1 aromatic carbocycles. The number of rotatable bonds is 4. The maximum absolute atomic E-state index is 10.9. The van der Waals surface area contributed by atoms with E-state index < -0.39 is 5.97 Å². The lowest BCUT2D eigenvalue weighted by atomic mass is 10.2. The van der Waals surface area contributed by atoms with E-state index in [1.807, 2.05) is 0 Å². The number of carbonyl (C=O) groups is 1. The molecule has 0 atom stereocenters. The molecule has 0 saturated heterocycles. The standard InChI is InChI=1S/C11H14O5/c1-7(12)16-11-6-9(14-3)8(13-2)5-10(11)15-4/h5-6H,1-4H3. The smallest absolute Gasteiger partial charge is 0.308 e. The molecular formula is C11H14O5. The highest BCUT2D eigenvalue weighted by Crippen LogP contribution is 2.39. The Morgan fingerprint density at radius 3 is 1.62 bits per heavy atom. The summed E-state index contributed by atoms with van der Waals surface area (Å²) < 4.78 is 20.2. The zero-order chi connectivity index (χ0) is 12.1. The summed E-state index contributed by atoms with van der Waals surface area (Å²) in [6.45, 7) is 1.32. The van der Waals surface area contributed by atoms with Gasteiger partial charge in [-0.2, -0.15) is 0 Å². The number of methoxy groups -OCH3 is 3. The fraction of sp³-hybridized carbons (Fsp3) is 0.364. The predicted octanol–water partition coefficient (Wildman–Crippen LogP) is 1.64. The first-order valence-corrected chi connectivity index (χ1v) is 4.60. The maximum atomic E-state index is 10.9. The van der Waals surface area contributed by atoms with Gasteiger partial charge < -0.3 is 18.9 Å².